The third-order valence-electron chi connectivity index (χ3n) is 4.70. The summed E-state index contributed by atoms with van der Waals surface area (Å²) < 4.78 is 36.2. The molecule has 7 nitrogen and oxygen atoms in total. The molecule has 0 aliphatic carbocycles. The van der Waals surface area contributed by atoms with Gasteiger partial charge in [0.1, 0.15) is 0 Å². The van der Waals surface area contributed by atoms with Crippen molar-refractivity contribution in [1.29, 1.82) is 0 Å². The summed E-state index contributed by atoms with van der Waals surface area (Å²) in [4.78, 5) is 6.53. The Labute approximate surface area is 138 Å². The van der Waals surface area contributed by atoms with Crippen molar-refractivity contribution >= 4 is 16.1 Å². The van der Waals surface area contributed by atoms with Gasteiger partial charge in [-0.15, -0.1) is 0 Å². The lowest BCUT2D eigenvalue weighted by atomic mass is 9.81. The average molecular weight is 345 g/mol. The standard InChI is InChI=1S/C15H27N3O4S/c1-4-12(7-10-23(19,20)21)13-5-8-18(9-6-13)15-16-14(11(2)3)17-22-15/h11-13H,4-10H2,1-3H3,(H,19,20,21). The van der Waals surface area contributed by atoms with Crippen LogP contribution in [0.2, 0.25) is 0 Å². The van der Waals surface area contributed by atoms with Crippen LogP contribution >= 0.6 is 0 Å². The van der Waals surface area contributed by atoms with E-state index in [9.17, 15) is 8.42 Å². The number of piperidine rings is 1. The first-order valence-corrected chi connectivity index (χ1v) is 9.94. The van der Waals surface area contributed by atoms with Gasteiger partial charge in [0.2, 0.25) is 0 Å². The van der Waals surface area contributed by atoms with Crippen LogP contribution in [-0.2, 0) is 10.1 Å². The molecule has 2 heterocycles. The highest BCUT2D eigenvalue weighted by Gasteiger charge is 2.28. The summed E-state index contributed by atoms with van der Waals surface area (Å²) in [5, 5.41) is 4.00. The van der Waals surface area contributed by atoms with Gasteiger partial charge < -0.3 is 9.42 Å². The minimum atomic E-state index is -3.87. The average Bonchev–Trinajstić information content (AvgIpc) is 2.97. The number of aromatic nitrogens is 2. The minimum absolute atomic E-state index is 0.146. The molecule has 0 bridgehead atoms. The fraction of sp³-hybridized carbons (Fsp3) is 0.867. The molecule has 8 heteroatoms. The Morgan fingerprint density at radius 1 is 1.35 bits per heavy atom. The molecule has 0 amide bonds. The Hall–Kier alpha value is -1.15. The van der Waals surface area contributed by atoms with Crippen molar-refractivity contribution in [3.05, 3.63) is 5.82 Å². The Morgan fingerprint density at radius 3 is 2.48 bits per heavy atom. The van der Waals surface area contributed by atoms with Crippen molar-refractivity contribution in [2.75, 3.05) is 23.7 Å². The van der Waals surface area contributed by atoms with Crippen LogP contribution in [0.1, 0.15) is 58.2 Å². The molecule has 1 unspecified atom stereocenters. The molecule has 0 saturated carbocycles. The summed E-state index contributed by atoms with van der Waals surface area (Å²) in [6.45, 7) is 7.82. The summed E-state index contributed by atoms with van der Waals surface area (Å²) in [7, 11) is -3.87. The second kappa shape index (κ2) is 7.61. The molecule has 23 heavy (non-hydrogen) atoms. The predicted molar refractivity (Wildman–Crippen MR) is 88.1 cm³/mol. The van der Waals surface area contributed by atoms with Crippen molar-refractivity contribution < 1.29 is 17.5 Å². The molecule has 0 radical (unpaired) electrons. The van der Waals surface area contributed by atoms with E-state index < -0.39 is 10.1 Å². The summed E-state index contributed by atoms with van der Waals surface area (Å²) >= 11 is 0. The van der Waals surface area contributed by atoms with E-state index in [0.29, 0.717) is 24.3 Å². The van der Waals surface area contributed by atoms with Crippen molar-refractivity contribution in [1.82, 2.24) is 10.1 Å². The number of nitrogens with zero attached hydrogens (tertiary/aromatic N) is 3. The molecule has 1 aliphatic rings. The van der Waals surface area contributed by atoms with E-state index in [1.54, 1.807) is 0 Å². The van der Waals surface area contributed by atoms with Crippen LogP contribution in [0.15, 0.2) is 4.52 Å². The molecular weight excluding hydrogens is 318 g/mol. The Morgan fingerprint density at radius 2 is 2.00 bits per heavy atom. The van der Waals surface area contributed by atoms with Crippen LogP contribution in [-0.4, -0.2) is 42.0 Å². The van der Waals surface area contributed by atoms with Gasteiger partial charge in [0.25, 0.3) is 10.1 Å². The van der Waals surface area contributed by atoms with E-state index >= 15 is 0 Å². The molecule has 1 aromatic heterocycles. The summed E-state index contributed by atoms with van der Waals surface area (Å²) in [5.41, 5.74) is 0. The minimum Gasteiger partial charge on any atom is -0.324 e. The first-order chi connectivity index (χ1) is 10.8. The Balaban J connectivity index is 1.88. The van der Waals surface area contributed by atoms with Crippen molar-refractivity contribution in [3.8, 4) is 0 Å². The van der Waals surface area contributed by atoms with Crippen molar-refractivity contribution in [2.24, 2.45) is 11.8 Å². The largest absolute Gasteiger partial charge is 0.324 e. The van der Waals surface area contributed by atoms with Gasteiger partial charge in [0.05, 0.1) is 5.75 Å². The van der Waals surface area contributed by atoms with E-state index in [1.165, 1.54) is 0 Å². The zero-order valence-corrected chi connectivity index (χ0v) is 14.9. The zero-order valence-electron chi connectivity index (χ0n) is 14.1. The van der Waals surface area contributed by atoms with E-state index in [2.05, 4.69) is 22.0 Å². The summed E-state index contributed by atoms with van der Waals surface area (Å²) in [5.74, 6) is 1.63. The zero-order chi connectivity index (χ0) is 17.0. The maximum absolute atomic E-state index is 10.9. The molecular formula is C15H27N3O4S. The van der Waals surface area contributed by atoms with Crippen LogP contribution < -0.4 is 4.90 Å². The van der Waals surface area contributed by atoms with Gasteiger partial charge in [0, 0.05) is 19.0 Å². The second-order valence-electron chi connectivity index (χ2n) is 6.66. The van der Waals surface area contributed by atoms with Gasteiger partial charge >= 0.3 is 6.01 Å². The van der Waals surface area contributed by atoms with Crippen LogP contribution in [0.3, 0.4) is 0 Å². The highest BCUT2D eigenvalue weighted by atomic mass is 32.2. The molecule has 1 aliphatic heterocycles. The monoisotopic (exact) mass is 345 g/mol. The third kappa shape index (κ3) is 5.17. The van der Waals surface area contributed by atoms with Gasteiger partial charge in [0.15, 0.2) is 5.82 Å². The van der Waals surface area contributed by atoms with E-state index in [1.807, 2.05) is 13.8 Å². The molecule has 132 valence electrons. The van der Waals surface area contributed by atoms with Gasteiger partial charge in [-0.05, 0) is 31.1 Å². The normalized spacial score (nSPS) is 18.6. The van der Waals surface area contributed by atoms with Gasteiger partial charge in [-0.25, -0.2) is 0 Å². The number of anilines is 1. The maximum Gasteiger partial charge on any atom is 0.324 e. The van der Waals surface area contributed by atoms with Crippen LogP contribution in [0.4, 0.5) is 6.01 Å². The molecule has 1 N–H and O–H groups in total. The van der Waals surface area contributed by atoms with Gasteiger partial charge in [-0.1, -0.05) is 32.3 Å². The second-order valence-corrected chi connectivity index (χ2v) is 8.23. The Kier molecular flexibility index (Phi) is 6.02. The lowest BCUT2D eigenvalue weighted by molar-refractivity contribution is 0.253. The van der Waals surface area contributed by atoms with Gasteiger partial charge in [-0.3, -0.25) is 4.55 Å². The number of hydrogen-bond acceptors (Lipinski definition) is 6. The van der Waals surface area contributed by atoms with E-state index in [4.69, 9.17) is 9.08 Å². The highest BCUT2D eigenvalue weighted by molar-refractivity contribution is 7.85. The summed E-state index contributed by atoms with van der Waals surface area (Å²) in [6, 6.07) is 0.582. The molecule has 1 aromatic rings. The molecule has 0 aromatic carbocycles. The SMILES string of the molecule is CCC(CCS(=O)(=O)O)C1CCN(c2nc(C(C)C)no2)CC1. The first-order valence-electron chi connectivity index (χ1n) is 8.33. The first kappa shape index (κ1) is 18.2. The number of rotatable bonds is 7. The van der Waals surface area contributed by atoms with Gasteiger partial charge in [-0.2, -0.15) is 13.4 Å². The van der Waals surface area contributed by atoms with E-state index in [0.717, 1.165) is 38.2 Å². The predicted octanol–water partition coefficient (Wildman–Crippen LogP) is 2.71. The van der Waals surface area contributed by atoms with E-state index in [-0.39, 0.29) is 11.7 Å². The molecule has 1 saturated heterocycles. The fourth-order valence-electron chi connectivity index (χ4n) is 3.22. The van der Waals surface area contributed by atoms with Crippen LogP contribution in [0.5, 0.6) is 0 Å². The molecule has 2 rings (SSSR count). The number of hydrogen-bond donors (Lipinski definition) is 1. The molecule has 1 fully saturated rings. The third-order valence-corrected chi connectivity index (χ3v) is 5.45. The van der Waals surface area contributed by atoms with Crippen molar-refractivity contribution in [2.45, 2.75) is 52.4 Å². The fourth-order valence-corrected chi connectivity index (χ4v) is 3.83. The highest BCUT2D eigenvalue weighted by Crippen LogP contribution is 2.31. The maximum atomic E-state index is 10.9. The molecule has 1 atom stereocenters. The van der Waals surface area contributed by atoms with Crippen LogP contribution in [0, 0.1) is 11.8 Å². The molecule has 0 spiro atoms. The lowest BCUT2D eigenvalue weighted by Crippen LogP contribution is -2.36. The van der Waals surface area contributed by atoms with Crippen LogP contribution in [0.25, 0.3) is 0 Å². The summed E-state index contributed by atoms with van der Waals surface area (Å²) in [6.07, 6.45) is 3.41. The quantitative estimate of drug-likeness (QED) is 0.759. The smallest absolute Gasteiger partial charge is 0.324 e. The topological polar surface area (TPSA) is 96.5 Å². The Bertz CT molecular complexity index is 592. The lowest BCUT2D eigenvalue weighted by Gasteiger charge is -2.34. The van der Waals surface area contributed by atoms with Crippen molar-refractivity contribution in [3.63, 3.8) is 0 Å².